The van der Waals surface area contributed by atoms with Crippen LogP contribution in [0.5, 0.6) is 0 Å². The molecule has 1 atom stereocenters. The molecule has 0 bridgehead atoms. The summed E-state index contributed by atoms with van der Waals surface area (Å²) in [6.07, 6.45) is 1.18. The van der Waals surface area contributed by atoms with Crippen molar-refractivity contribution in [1.29, 1.82) is 0 Å². The topological polar surface area (TPSA) is 51.2 Å². The van der Waals surface area contributed by atoms with E-state index in [0.717, 1.165) is 0 Å². The summed E-state index contributed by atoms with van der Waals surface area (Å²) < 4.78 is 20.8. The molecular weight excluding hydrogens is 176 g/mol. The molecule has 0 spiro atoms. The molecule has 0 radical (unpaired) electrons. The van der Waals surface area contributed by atoms with Crippen molar-refractivity contribution in [3.63, 3.8) is 0 Å². The van der Waals surface area contributed by atoms with Gasteiger partial charge in [0, 0.05) is 23.0 Å². The van der Waals surface area contributed by atoms with E-state index in [1.165, 1.54) is 0 Å². The maximum atomic E-state index is 10.6. The van der Waals surface area contributed by atoms with Crippen molar-refractivity contribution in [2.45, 2.75) is 12.8 Å². The minimum atomic E-state index is -3.47. The average Bonchev–Trinajstić information content (AvgIpc) is 1.78. The van der Waals surface area contributed by atoms with Crippen LogP contribution in [0.3, 0.4) is 0 Å². The van der Waals surface area contributed by atoms with Crippen molar-refractivity contribution in [3.05, 3.63) is 0 Å². The Kier molecular flexibility index (Phi) is 2.01. The fraction of sp³-hybridized carbons (Fsp3) is 0.800. The molecule has 1 aliphatic rings. The van der Waals surface area contributed by atoms with Gasteiger partial charge in [0.2, 0.25) is 9.05 Å². The predicted molar refractivity (Wildman–Crippen MR) is 37.4 cm³/mol. The lowest BCUT2D eigenvalue weighted by atomic mass is 9.86. The SMILES string of the molecule is O=C1CCC1CS(=O)(=O)Cl. The molecule has 1 fully saturated rings. The van der Waals surface area contributed by atoms with Crippen LogP contribution in [0.1, 0.15) is 12.8 Å². The van der Waals surface area contributed by atoms with Gasteiger partial charge in [-0.15, -0.1) is 0 Å². The minimum Gasteiger partial charge on any atom is -0.299 e. The van der Waals surface area contributed by atoms with Gasteiger partial charge in [-0.3, -0.25) is 4.79 Å². The van der Waals surface area contributed by atoms with Crippen LogP contribution in [-0.4, -0.2) is 20.0 Å². The first-order valence-corrected chi connectivity index (χ1v) is 5.42. The molecule has 0 aromatic heterocycles. The van der Waals surface area contributed by atoms with Crippen LogP contribution in [0.25, 0.3) is 0 Å². The third kappa shape index (κ3) is 1.95. The Labute approximate surface area is 63.8 Å². The molecule has 58 valence electrons. The fourth-order valence-corrected chi connectivity index (χ4v) is 2.17. The number of halogens is 1. The molecule has 5 heteroatoms. The lowest BCUT2D eigenvalue weighted by Crippen LogP contribution is -2.30. The summed E-state index contributed by atoms with van der Waals surface area (Å²) in [5.41, 5.74) is 0. The summed E-state index contributed by atoms with van der Waals surface area (Å²) in [6, 6.07) is 0. The molecule has 0 aromatic carbocycles. The highest BCUT2D eigenvalue weighted by Crippen LogP contribution is 2.24. The number of Topliss-reactive ketones (excluding diaryl/α,β-unsaturated/α-hetero) is 1. The zero-order valence-corrected chi connectivity index (χ0v) is 6.78. The van der Waals surface area contributed by atoms with E-state index in [1.54, 1.807) is 0 Å². The van der Waals surface area contributed by atoms with Gasteiger partial charge in [0.25, 0.3) is 0 Å². The van der Waals surface area contributed by atoms with E-state index in [4.69, 9.17) is 10.7 Å². The Balaban J connectivity index is 2.48. The van der Waals surface area contributed by atoms with E-state index in [9.17, 15) is 13.2 Å². The van der Waals surface area contributed by atoms with Crippen LogP contribution in [0.2, 0.25) is 0 Å². The summed E-state index contributed by atoms with van der Waals surface area (Å²) >= 11 is 0. The van der Waals surface area contributed by atoms with E-state index in [0.29, 0.717) is 12.8 Å². The number of carbonyl (C=O) groups excluding carboxylic acids is 1. The second-order valence-corrected chi connectivity index (χ2v) is 5.23. The number of hydrogen-bond donors (Lipinski definition) is 0. The Morgan fingerprint density at radius 3 is 2.30 bits per heavy atom. The first-order valence-electron chi connectivity index (χ1n) is 2.94. The van der Waals surface area contributed by atoms with Gasteiger partial charge in [-0.1, -0.05) is 0 Å². The first kappa shape index (κ1) is 8.01. The van der Waals surface area contributed by atoms with Gasteiger partial charge in [0.05, 0.1) is 5.75 Å². The van der Waals surface area contributed by atoms with Crippen LogP contribution in [0, 0.1) is 5.92 Å². The van der Waals surface area contributed by atoms with Crippen molar-refractivity contribution in [2.75, 3.05) is 5.75 Å². The molecular formula is C5H7ClO3S. The van der Waals surface area contributed by atoms with Crippen LogP contribution in [0.15, 0.2) is 0 Å². The molecule has 0 amide bonds. The van der Waals surface area contributed by atoms with E-state index in [-0.39, 0.29) is 17.5 Å². The molecule has 10 heavy (non-hydrogen) atoms. The molecule has 0 aliphatic heterocycles. The molecule has 1 unspecified atom stereocenters. The maximum Gasteiger partial charge on any atom is 0.233 e. The van der Waals surface area contributed by atoms with E-state index >= 15 is 0 Å². The standard InChI is InChI=1S/C5H7ClO3S/c6-10(8,9)3-4-1-2-5(4)7/h4H,1-3H2. The molecule has 0 heterocycles. The van der Waals surface area contributed by atoms with Crippen LogP contribution >= 0.6 is 10.7 Å². The Morgan fingerprint density at radius 2 is 2.20 bits per heavy atom. The summed E-state index contributed by atoms with van der Waals surface area (Å²) in [6.45, 7) is 0. The Morgan fingerprint density at radius 1 is 1.60 bits per heavy atom. The zero-order valence-electron chi connectivity index (χ0n) is 5.21. The predicted octanol–water partition coefficient (Wildman–Crippen LogP) is 0.534. The molecule has 1 aliphatic carbocycles. The second kappa shape index (κ2) is 2.51. The number of rotatable bonds is 2. The lowest BCUT2D eigenvalue weighted by molar-refractivity contribution is -0.128. The van der Waals surface area contributed by atoms with Gasteiger partial charge in [-0.2, -0.15) is 0 Å². The van der Waals surface area contributed by atoms with Gasteiger partial charge < -0.3 is 0 Å². The molecule has 3 nitrogen and oxygen atoms in total. The van der Waals surface area contributed by atoms with Gasteiger partial charge in [0.15, 0.2) is 0 Å². The molecule has 0 aromatic rings. The van der Waals surface area contributed by atoms with Crippen LogP contribution in [0.4, 0.5) is 0 Å². The van der Waals surface area contributed by atoms with Crippen molar-refractivity contribution in [3.8, 4) is 0 Å². The quantitative estimate of drug-likeness (QED) is 0.586. The summed E-state index contributed by atoms with van der Waals surface area (Å²) in [4.78, 5) is 10.6. The number of hydrogen-bond acceptors (Lipinski definition) is 3. The summed E-state index contributed by atoms with van der Waals surface area (Å²) in [5, 5.41) is 0. The van der Waals surface area contributed by atoms with Gasteiger partial charge in [-0.05, 0) is 6.42 Å². The summed E-state index contributed by atoms with van der Waals surface area (Å²) in [7, 11) is 1.46. The molecule has 0 saturated heterocycles. The number of carbonyl (C=O) groups is 1. The van der Waals surface area contributed by atoms with E-state index in [2.05, 4.69) is 0 Å². The highest BCUT2D eigenvalue weighted by Gasteiger charge is 2.31. The lowest BCUT2D eigenvalue weighted by Gasteiger charge is -2.21. The molecule has 1 saturated carbocycles. The van der Waals surface area contributed by atoms with Gasteiger partial charge in [0.1, 0.15) is 5.78 Å². The highest BCUT2D eigenvalue weighted by atomic mass is 35.7. The fourth-order valence-electron chi connectivity index (χ4n) is 0.883. The zero-order chi connectivity index (χ0) is 7.78. The van der Waals surface area contributed by atoms with Gasteiger partial charge >= 0.3 is 0 Å². The van der Waals surface area contributed by atoms with Crippen molar-refractivity contribution in [2.24, 2.45) is 5.92 Å². The normalized spacial score (nSPS) is 26.1. The monoisotopic (exact) mass is 182 g/mol. The smallest absolute Gasteiger partial charge is 0.233 e. The minimum absolute atomic E-state index is 0.0178. The van der Waals surface area contributed by atoms with Gasteiger partial charge in [-0.25, -0.2) is 8.42 Å². The first-order chi connectivity index (χ1) is 4.49. The van der Waals surface area contributed by atoms with Crippen molar-refractivity contribution in [1.82, 2.24) is 0 Å². The maximum absolute atomic E-state index is 10.6. The summed E-state index contributed by atoms with van der Waals surface area (Å²) in [5.74, 6) is -0.486. The van der Waals surface area contributed by atoms with E-state index in [1.807, 2.05) is 0 Å². The largest absolute Gasteiger partial charge is 0.299 e. The van der Waals surface area contributed by atoms with Crippen LogP contribution in [-0.2, 0) is 13.8 Å². The van der Waals surface area contributed by atoms with E-state index < -0.39 is 9.05 Å². The van der Waals surface area contributed by atoms with Crippen LogP contribution < -0.4 is 0 Å². The Bertz CT molecular complexity index is 244. The third-order valence-corrected chi connectivity index (χ3v) is 2.77. The van der Waals surface area contributed by atoms with Crippen molar-refractivity contribution >= 4 is 25.5 Å². The Hall–Kier alpha value is -0.0900. The average molecular weight is 183 g/mol. The second-order valence-electron chi connectivity index (χ2n) is 2.41. The molecule has 1 rings (SSSR count). The highest BCUT2D eigenvalue weighted by molar-refractivity contribution is 8.13. The number of ketones is 1. The third-order valence-electron chi connectivity index (χ3n) is 1.59. The molecule has 0 N–H and O–H groups in total. The van der Waals surface area contributed by atoms with Crippen molar-refractivity contribution < 1.29 is 13.2 Å².